The lowest BCUT2D eigenvalue weighted by molar-refractivity contribution is -0.239. The quantitative estimate of drug-likeness (QED) is 0.863. The number of nitrogens with zero attached hydrogens (tertiary/aromatic N) is 4. The van der Waals surface area contributed by atoms with Crippen molar-refractivity contribution in [2.45, 2.75) is 65.2 Å². The van der Waals surface area contributed by atoms with Crippen LogP contribution in [0.5, 0.6) is 0 Å². The van der Waals surface area contributed by atoms with E-state index in [-0.39, 0.29) is 6.04 Å². The second-order valence-electron chi connectivity index (χ2n) is 5.77. The van der Waals surface area contributed by atoms with E-state index in [1.165, 1.54) is 6.33 Å². The van der Waals surface area contributed by atoms with E-state index in [2.05, 4.69) is 15.1 Å². The molecular weight excluding hydrogens is 306 g/mol. The Balaban J connectivity index is 0.00000100. The van der Waals surface area contributed by atoms with Crippen molar-refractivity contribution < 1.29 is 9.47 Å². The van der Waals surface area contributed by atoms with Crippen LogP contribution in [0.1, 0.15) is 58.2 Å². The first kappa shape index (κ1) is 18.6. The van der Waals surface area contributed by atoms with Crippen molar-refractivity contribution in [2.24, 2.45) is 0 Å². The van der Waals surface area contributed by atoms with Gasteiger partial charge in [-0.15, -0.1) is 0 Å². The van der Waals surface area contributed by atoms with Crippen LogP contribution in [-0.2, 0) is 9.47 Å². The minimum Gasteiger partial charge on any atom is -0.383 e. The molecule has 1 fully saturated rings. The van der Waals surface area contributed by atoms with E-state index in [0.29, 0.717) is 12.4 Å². The Morgan fingerprint density at radius 2 is 1.96 bits per heavy atom. The van der Waals surface area contributed by atoms with Gasteiger partial charge < -0.3 is 15.2 Å². The molecule has 0 atom stereocenters. The monoisotopic (exact) mass is 335 g/mol. The molecule has 7 nitrogen and oxygen atoms in total. The van der Waals surface area contributed by atoms with Crippen molar-refractivity contribution in [3.8, 4) is 0 Å². The van der Waals surface area contributed by atoms with Crippen molar-refractivity contribution in [3.05, 3.63) is 12.0 Å². The van der Waals surface area contributed by atoms with E-state index in [9.17, 15) is 0 Å². The normalized spacial score (nSPS) is 23.8. The van der Waals surface area contributed by atoms with Crippen LogP contribution >= 0.6 is 0 Å². The number of nitrogens with two attached hydrogens (primary N) is 1. The molecule has 0 unspecified atom stereocenters. The summed E-state index contributed by atoms with van der Waals surface area (Å²) in [5, 5.41) is 5.50. The summed E-state index contributed by atoms with van der Waals surface area (Å²) < 4.78 is 13.4. The topological polar surface area (TPSA) is 88.1 Å². The summed E-state index contributed by atoms with van der Waals surface area (Å²) in [6.07, 6.45) is 5.08. The molecule has 3 rings (SSSR count). The van der Waals surface area contributed by atoms with E-state index in [0.717, 1.165) is 42.4 Å². The van der Waals surface area contributed by atoms with Gasteiger partial charge in [-0.1, -0.05) is 13.8 Å². The van der Waals surface area contributed by atoms with Gasteiger partial charge in [0.2, 0.25) is 0 Å². The number of hydrogen-bond donors (Lipinski definition) is 1. The summed E-state index contributed by atoms with van der Waals surface area (Å²) in [6, 6.07) is 0.286. The van der Waals surface area contributed by atoms with Crippen molar-refractivity contribution in [1.29, 1.82) is 0 Å². The van der Waals surface area contributed by atoms with Crippen molar-refractivity contribution >= 4 is 16.9 Å². The molecule has 2 aromatic rings. The molecule has 0 aromatic carbocycles. The largest absolute Gasteiger partial charge is 0.383 e. The van der Waals surface area contributed by atoms with Crippen LogP contribution in [0.25, 0.3) is 11.0 Å². The van der Waals surface area contributed by atoms with Gasteiger partial charge in [0.1, 0.15) is 12.1 Å². The molecule has 2 heterocycles. The predicted octanol–water partition coefficient (Wildman–Crippen LogP) is 3.24. The van der Waals surface area contributed by atoms with Gasteiger partial charge >= 0.3 is 0 Å². The number of anilines is 1. The van der Waals surface area contributed by atoms with Gasteiger partial charge in [0.15, 0.2) is 11.4 Å². The number of fused-ring (bicyclic) bond motifs is 1. The van der Waals surface area contributed by atoms with E-state index < -0.39 is 5.79 Å². The Hall–Kier alpha value is -1.73. The number of rotatable bonds is 4. The number of aryl methyl sites for hydroxylation is 1. The maximum absolute atomic E-state index is 5.96. The fourth-order valence-electron chi connectivity index (χ4n) is 3.38. The highest BCUT2D eigenvalue weighted by atomic mass is 16.7. The van der Waals surface area contributed by atoms with Crippen molar-refractivity contribution in [2.75, 3.05) is 19.5 Å². The summed E-state index contributed by atoms with van der Waals surface area (Å²) >= 11 is 0. The molecule has 0 bridgehead atoms. The van der Waals surface area contributed by atoms with Gasteiger partial charge in [-0.3, -0.25) is 0 Å². The Bertz CT molecular complexity index is 662. The second kappa shape index (κ2) is 7.90. The van der Waals surface area contributed by atoms with Gasteiger partial charge in [-0.05, 0) is 26.7 Å². The van der Waals surface area contributed by atoms with Crippen LogP contribution in [0.4, 0.5) is 5.82 Å². The van der Waals surface area contributed by atoms with E-state index in [1.807, 2.05) is 32.4 Å². The first-order chi connectivity index (χ1) is 11.6. The third kappa shape index (κ3) is 3.37. The lowest BCUT2D eigenvalue weighted by Gasteiger charge is -2.38. The molecule has 134 valence electrons. The molecule has 0 amide bonds. The summed E-state index contributed by atoms with van der Waals surface area (Å²) in [7, 11) is 1.72. The zero-order chi connectivity index (χ0) is 17.7. The van der Waals surface area contributed by atoms with E-state index in [4.69, 9.17) is 15.2 Å². The van der Waals surface area contributed by atoms with Crippen LogP contribution < -0.4 is 5.73 Å². The SMILES string of the molecule is CC.CCOC1(OC)CCC(n2nc(C)c3c(N)ncnc32)CC1. The number of methoxy groups -OCH3 is 1. The minimum atomic E-state index is -0.447. The second-order valence-corrected chi connectivity index (χ2v) is 5.77. The predicted molar refractivity (Wildman–Crippen MR) is 94.7 cm³/mol. The zero-order valence-corrected chi connectivity index (χ0v) is 15.4. The van der Waals surface area contributed by atoms with Gasteiger partial charge in [-0.25, -0.2) is 14.6 Å². The fraction of sp³-hybridized carbons (Fsp3) is 0.706. The molecule has 2 aromatic heterocycles. The Morgan fingerprint density at radius 1 is 1.29 bits per heavy atom. The molecule has 1 aliphatic rings. The van der Waals surface area contributed by atoms with Gasteiger partial charge in [0.05, 0.1) is 17.1 Å². The maximum atomic E-state index is 5.96. The van der Waals surface area contributed by atoms with Crippen LogP contribution in [0.15, 0.2) is 6.33 Å². The third-order valence-electron chi connectivity index (χ3n) is 4.54. The highest BCUT2D eigenvalue weighted by Gasteiger charge is 2.37. The molecule has 0 aliphatic heterocycles. The third-order valence-corrected chi connectivity index (χ3v) is 4.54. The average molecular weight is 335 g/mol. The smallest absolute Gasteiger partial charge is 0.168 e. The van der Waals surface area contributed by atoms with Gasteiger partial charge in [0, 0.05) is 26.6 Å². The fourth-order valence-corrected chi connectivity index (χ4v) is 3.38. The zero-order valence-electron chi connectivity index (χ0n) is 15.4. The lowest BCUT2D eigenvalue weighted by Crippen LogP contribution is -2.39. The Morgan fingerprint density at radius 3 is 2.54 bits per heavy atom. The number of hydrogen-bond acceptors (Lipinski definition) is 6. The Labute approximate surface area is 143 Å². The van der Waals surface area contributed by atoms with Crippen LogP contribution in [0.3, 0.4) is 0 Å². The van der Waals surface area contributed by atoms with Crippen LogP contribution in [0, 0.1) is 6.92 Å². The maximum Gasteiger partial charge on any atom is 0.168 e. The molecule has 0 radical (unpaired) electrons. The highest BCUT2D eigenvalue weighted by Crippen LogP contribution is 2.39. The summed E-state index contributed by atoms with van der Waals surface area (Å²) in [5.74, 6) is 0.0437. The molecule has 1 saturated carbocycles. The minimum absolute atomic E-state index is 0.286. The van der Waals surface area contributed by atoms with Crippen LogP contribution in [-0.4, -0.2) is 39.3 Å². The summed E-state index contributed by atoms with van der Waals surface area (Å²) in [4.78, 5) is 8.44. The standard InChI is InChI=1S/C15H23N5O2.C2H6/c1-4-22-15(21-3)7-5-11(6-8-15)20-14-12(10(2)19-20)13(16)17-9-18-14;1-2/h9,11H,4-8H2,1-3H3,(H2,16,17,18);1-2H3. The van der Waals surface area contributed by atoms with E-state index >= 15 is 0 Å². The molecule has 24 heavy (non-hydrogen) atoms. The number of nitrogen functional groups attached to an aromatic ring is 1. The first-order valence-corrected chi connectivity index (χ1v) is 8.74. The van der Waals surface area contributed by atoms with Crippen molar-refractivity contribution in [1.82, 2.24) is 19.7 Å². The van der Waals surface area contributed by atoms with Crippen molar-refractivity contribution in [3.63, 3.8) is 0 Å². The number of ether oxygens (including phenoxy) is 2. The molecule has 0 spiro atoms. The van der Waals surface area contributed by atoms with Gasteiger partial charge in [0.25, 0.3) is 0 Å². The van der Waals surface area contributed by atoms with E-state index in [1.54, 1.807) is 7.11 Å². The molecular formula is C17H29N5O2. The number of aromatic nitrogens is 4. The van der Waals surface area contributed by atoms with Gasteiger partial charge in [-0.2, -0.15) is 5.10 Å². The first-order valence-electron chi connectivity index (χ1n) is 8.74. The summed E-state index contributed by atoms with van der Waals surface area (Å²) in [5.41, 5.74) is 7.65. The lowest BCUT2D eigenvalue weighted by atomic mass is 9.90. The summed E-state index contributed by atoms with van der Waals surface area (Å²) in [6.45, 7) is 8.60. The molecule has 0 saturated heterocycles. The Kier molecular flexibility index (Phi) is 6.12. The average Bonchev–Trinajstić information content (AvgIpc) is 2.96. The van der Waals surface area contributed by atoms with Crippen LogP contribution in [0.2, 0.25) is 0 Å². The molecule has 7 heteroatoms. The molecule has 1 aliphatic carbocycles. The highest BCUT2D eigenvalue weighted by molar-refractivity contribution is 5.87. The molecule has 2 N–H and O–H groups in total.